The summed E-state index contributed by atoms with van der Waals surface area (Å²) in [6.07, 6.45) is 2.37. The lowest BCUT2D eigenvalue weighted by Crippen LogP contribution is -2.54. The number of rotatable bonds is 5. The number of benzene rings is 1. The topological polar surface area (TPSA) is 76.6 Å². The molecule has 4 unspecified atom stereocenters. The molecule has 0 aromatic heterocycles. The van der Waals surface area contributed by atoms with Crippen LogP contribution in [0.25, 0.3) is 0 Å². The molecule has 3 fully saturated rings. The Bertz CT molecular complexity index is 833. The number of fused-ring (bicyclic) bond motifs is 2. The van der Waals surface area contributed by atoms with Crippen LogP contribution in [0.3, 0.4) is 0 Å². The summed E-state index contributed by atoms with van der Waals surface area (Å²) in [5.74, 6) is -1.55. The molecule has 1 aromatic rings. The van der Waals surface area contributed by atoms with Crippen LogP contribution < -0.4 is 10.6 Å². The predicted octanol–water partition coefficient (Wildman–Crippen LogP) is 1.58. The number of nitrogens with zero attached hydrogens (tertiary/aromatic N) is 4. The number of carbonyl (C=O) groups excluding carboxylic acids is 1. The van der Waals surface area contributed by atoms with E-state index in [9.17, 15) is 18.8 Å². The second-order valence-corrected chi connectivity index (χ2v) is 7.77. The van der Waals surface area contributed by atoms with E-state index in [2.05, 4.69) is 12.6 Å². The SMILES string of the molecule is C=C(C(N)CN1CC2CC1C(=O)N2c1cc(F)cc(F)c1)N1CCCC1C#N. The summed E-state index contributed by atoms with van der Waals surface area (Å²) in [5.41, 5.74) is 7.33. The second-order valence-electron chi connectivity index (χ2n) is 7.77. The number of nitriles is 1. The third kappa shape index (κ3) is 3.15. The van der Waals surface area contributed by atoms with E-state index < -0.39 is 11.6 Å². The molecular weight excluding hydrogens is 364 g/mol. The molecule has 6 nitrogen and oxygen atoms in total. The molecular formula is C20H23F2N5O. The van der Waals surface area contributed by atoms with Gasteiger partial charge in [-0.05, 0) is 31.4 Å². The van der Waals surface area contributed by atoms with Crippen LogP contribution in [0.2, 0.25) is 0 Å². The second kappa shape index (κ2) is 7.15. The number of hydrogen-bond acceptors (Lipinski definition) is 5. The fourth-order valence-electron chi connectivity index (χ4n) is 4.70. The molecule has 4 atom stereocenters. The minimum absolute atomic E-state index is 0.127. The summed E-state index contributed by atoms with van der Waals surface area (Å²) >= 11 is 0. The zero-order chi connectivity index (χ0) is 20.0. The standard InChI is InChI=1S/C20H23F2N5O/c1-12(26-4-2-3-15(26)9-23)18(24)11-25-10-17-8-19(25)20(28)27(17)16-6-13(21)5-14(22)7-16/h5-7,15,17-19H,1-4,8,10-11,24H2. The van der Waals surface area contributed by atoms with Gasteiger partial charge in [0, 0.05) is 37.1 Å². The van der Waals surface area contributed by atoms with Crippen LogP contribution in [0, 0.1) is 23.0 Å². The number of piperazine rings is 1. The van der Waals surface area contributed by atoms with Gasteiger partial charge >= 0.3 is 0 Å². The van der Waals surface area contributed by atoms with E-state index in [4.69, 9.17) is 5.73 Å². The monoisotopic (exact) mass is 387 g/mol. The van der Waals surface area contributed by atoms with Crippen molar-refractivity contribution in [2.75, 3.05) is 24.5 Å². The van der Waals surface area contributed by atoms with Gasteiger partial charge in [-0.25, -0.2) is 8.78 Å². The zero-order valence-corrected chi connectivity index (χ0v) is 15.5. The van der Waals surface area contributed by atoms with Crippen LogP contribution in [0.4, 0.5) is 14.5 Å². The van der Waals surface area contributed by atoms with Gasteiger partial charge < -0.3 is 15.5 Å². The number of likely N-dealkylation sites (tertiary alicyclic amines) is 2. The Kier molecular flexibility index (Phi) is 4.81. The van der Waals surface area contributed by atoms with Crippen molar-refractivity contribution >= 4 is 11.6 Å². The molecule has 3 aliphatic rings. The summed E-state index contributed by atoms with van der Waals surface area (Å²) in [5, 5.41) is 9.26. The molecule has 0 saturated carbocycles. The van der Waals surface area contributed by atoms with Crippen LogP contribution in [-0.2, 0) is 4.79 Å². The van der Waals surface area contributed by atoms with E-state index in [0.29, 0.717) is 19.5 Å². The first kappa shape index (κ1) is 18.8. The molecule has 148 valence electrons. The maximum Gasteiger partial charge on any atom is 0.244 e. The molecule has 0 radical (unpaired) electrons. The van der Waals surface area contributed by atoms with Crippen LogP contribution in [0.5, 0.6) is 0 Å². The Balaban J connectivity index is 1.43. The van der Waals surface area contributed by atoms with E-state index >= 15 is 0 Å². The Hall–Kier alpha value is -2.50. The number of amides is 1. The molecule has 2 bridgehead atoms. The molecule has 8 heteroatoms. The van der Waals surface area contributed by atoms with Crippen LogP contribution in [-0.4, -0.2) is 59.5 Å². The molecule has 4 rings (SSSR count). The first-order valence-electron chi connectivity index (χ1n) is 9.53. The predicted molar refractivity (Wildman–Crippen MR) is 100 cm³/mol. The first-order chi connectivity index (χ1) is 13.4. The third-order valence-electron chi connectivity index (χ3n) is 6.02. The summed E-state index contributed by atoms with van der Waals surface area (Å²) in [4.78, 5) is 18.3. The highest BCUT2D eigenvalue weighted by Crippen LogP contribution is 2.36. The quantitative estimate of drug-likeness (QED) is 0.830. The van der Waals surface area contributed by atoms with Gasteiger partial charge in [0.1, 0.15) is 17.7 Å². The van der Waals surface area contributed by atoms with Crippen molar-refractivity contribution in [2.24, 2.45) is 5.73 Å². The van der Waals surface area contributed by atoms with E-state index in [1.165, 1.54) is 17.0 Å². The van der Waals surface area contributed by atoms with Crippen molar-refractivity contribution in [3.8, 4) is 6.07 Å². The number of hydrogen-bond donors (Lipinski definition) is 1. The molecule has 28 heavy (non-hydrogen) atoms. The lowest BCUT2D eigenvalue weighted by atomic mass is 10.1. The van der Waals surface area contributed by atoms with Gasteiger partial charge in [0.25, 0.3) is 0 Å². The van der Waals surface area contributed by atoms with Gasteiger partial charge in [0.05, 0.1) is 24.2 Å². The normalized spacial score (nSPS) is 28.1. The van der Waals surface area contributed by atoms with Crippen molar-refractivity contribution in [3.05, 3.63) is 42.1 Å². The van der Waals surface area contributed by atoms with Crippen molar-refractivity contribution in [3.63, 3.8) is 0 Å². The minimum atomic E-state index is -0.696. The van der Waals surface area contributed by atoms with E-state index in [1.54, 1.807) is 0 Å². The fourth-order valence-corrected chi connectivity index (χ4v) is 4.70. The fraction of sp³-hybridized carbons (Fsp3) is 0.500. The largest absolute Gasteiger partial charge is 0.358 e. The summed E-state index contributed by atoms with van der Waals surface area (Å²) < 4.78 is 27.1. The summed E-state index contributed by atoms with van der Waals surface area (Å²) in [7, 11) is 0. The van der Waals surface area contributed by atoms with E-state index in [0.717, 1.165) is 31.1 Å². The number of carbonyl (C=O) groups is 1. The minimum Gasteiger partial charge on any atom is -0.358 e. The molecule has 1 aromatic carbocycles. The first-order valence-corrected chi connectivity index (χ1v) is 9.53. The van der Waals surface area contributed by atoms with Gasteiger partial charge in [-0.2, -0.15) is 5.26 Å². The number of anilines is 1. The lowest BCUT2D eigenvalue weighted by molar-refractivity contribution is -0.122. The number of nitrogens with two attached hydrogens (primary N) is 1. The van der Waals surface area contributed by atoms with Crippen LogP contribution in [0.1, 0.15) is 19.3 Å². The molecule has 3 saturated heterocycles. The smallest absolute Gasteiger partial charge is 0.244 e. The van der Waals surface area contributed by atoms with Crippen LogP contribution in [0.15, 0.2) is 30.5 Å². The van der Waals surface area contributed by atoms with Gasteiger partial charge in [0.15, 0.2) is 0 Å². The van der Waals surface area contributed by atoms with Gasteiger partial charge in [-0.15, -0.1) is 0 Å². The summed E-state index contributed by atoms with van der Waals surface area (Å²) in [6, 6.07) is 4.43. The van der Waals surface area contributed by atoms with Crippen LogP contribution >= 0.6 is 0 Å². The van der Waals surface area contributed by atoms with Gasteiger partial charge in [-0.3, -0.25) is 9.69 Å². The maximum absolute atomic E-state index is 13.6. The Morgan fingerprint density at radius 1 is 1.36 bits per heavy atom. The molecule has 0 spiro atoms. The molecule has 2 N–H and O–H groups in total. The number of halogens is 2. The zero-order valence-electron chi connectivity index (χ0n) is 15.5. The molecule has 1 amide bonds. The third-order valence-corrected chi connectivity index (χ3v) is 6.02. The van der Waals surface area contributed by atoms with Gasteiger partial charge in [-0.1, -0.05) is 6.58 Å². The van der Waals surface area contributed by atoms with Gasteiger partial charge in [0.2, 0.25) is 5.91 Å². The highest BCUT2D eigenvalue weighted by atomic mass is 19.1. The summed E-state index contributed by atoms with van der Waals surface area (Å²) in [6.45, 7) is 5.92. The Morgan fingerprint density at radius 3 is 2.71 bits per heavy atom. The Labute approximate surface area is 162 Å². The maximum atomic E-state index is 13.6. The Morgan fingerprint density at radius 2 is 2.07 bits per heavy atom. The highest BCUT2D eigenvalue weighted by molar-refractivity contribution is 6.01. The van der Waals surface area contributed by atoms with Crippen molar-refractivity contribution < 1.29 is 13.6 Å². The van der Waals surface area contributed by atoms with Crippen molar-refractivity contribution in [2.45, 2.75) is 43.4 Å². The molecule has 3 aliphatic heterocycles. The molecule has 0 aliphatic carbocycles. The van der Waals surface area contributed by atoms with E-state index in [-0.39, 0.29) is 35.8 Å². The van der Waals surface area contributed by atoms with E-state index in [1.807, 2.05) is 9.80 Å². The average molecular weight is 387 g/mol. The highest BCUT2D eigenvalue weighted by Gasteiger charge is 2.50. The molecule has 3 heterocycles. The van der Waals surface area contributed by atoms with Crippen molar-refractivity contribution in [1.29, 1.82) is 5.26 Å². The average Bonchev–Trinajstić information content (AvgIpc) is 3.34. The lowest BCUT2D eigenvalue weighted by Gasteiger charge is -2.36. The van der Waals surface area contributed by atoms with Crippen molar-refractivity contribution in [1.82, 2.24) is 9.80 Å².